The van der Waals surface area contributed by atoms with E-state index in [9.17, 15) is 8.42 Å². The Balaban J connectivity index is 1.35. The van der Waals surface area contributed by atoms with E-state index in [1.165, 1.54) is 0 Å². The minimum atomic E-state index is -3.59. The number of nitrogens with one attached hydrogen (secondary N) is 2. The molecule has 0 aliphatic rings. The summed E-state index contributed by atoms with van der Waals surface area (Å²) in [6.07, 6.45) is 3.81. The van der Waals surface area contributed by atoms with E-state index in [4.69, 9.17) is 0 Å². The molecule has 0 saturated carbocycles. The Hall–Kier alpha value is -3.49. The monoisotopic (exact) mass is 433 g/mol. The highest BCUT2D eigenvalue weighted by Crippen LogP contribution is 2.20. The fourth-order valence-corrected chi connectivity index (χ4v) is 4.21. The number of hydrogen-bond donors (Lipinski definition) is 2. The fraction of sp³-hybridized carbons (Fsp3) is 0.130. The van der Waals surface area contributed by atoms with Crippen LogP contribution < -0.4 is 10.0 Å². The highest BCUT2D eigenvalue weighted by Gasteiger charge is 2.13. The molecule has 2 aromatic carbocycles. The molecule has 0 saturated heterocycles. The van der Waals surface area contributed by atoms with Crippen molar-refractivity contribution in [1.82, 2.24) is 19.3 Å². The first kappa shape index (κ1) is 20.8. The van der Waals surface area contributed by atoms with Crippen molar-refractivity contribution < 1.29 is 8.42 Å². The van der Waals surface area contributed by atoms with Gasteiger partial charge in [0.2, 0.25) is 10.0 Å². The number of hydrogen-bond acceptors (Lipinski definition) is 5. The van der Waals surface area contributed by atoms with Crippen LogP contribution in [0.25, 0.3) is 16.9 Å². The van der Waals surface area contributed by atoms with Gasteiger partial charge in [-0.3, -0.25) is 0 Å². The van der Waals surface area contributed by atoms with Crippen LogP contribution >= 0.6 is 0 Å². The molecule has 2 aromatic heterocycles. The predicted octanol–water partition coefficient (Wildman–Crippen LogP) is 3.63. The first-order valence-electron chi connectivity index (χ1n) is 9.89. The van der Waals surface area contributed by atoms with E-state index in [1.807, 2.05) is 84.5 Å². The van der Waals surface area contributed by atoms with E-state index in [2.05, 4.69) is 20.0 Å². The maximum Gasteiger partial charge on any atom is 0.240 e. The zero-order chi connectivity index (χ0) is 21.7. The molecule has 0 bridgehead atoms. The van der Waals surface area contributed by atoms with Gasteiger partial charge in [-0.05, 0) is 42.3 Å². The highest BCUT2D eigenvalue weighted by molar-refractivity contribution is 7.89. The van der Waals surface area contributed by atoms with Gasteiger partial charge in [-0.1, -0.05) is 42.5 Å². The molecule has 0 radical (unpaired) electrons. The lowest BCUT2D eigenvalue weighted by Crippen LogP contribution is -2.29. The molecule has 0 aliphatic carbocycles. The van der Waals surface area contributed by atoms with Crippen LogP contribution in [0.3, 0.4) is 0 Å². The summed E-state index contributed by atoms with van der Waals surface area (Å²) < 4.78 is 29.7. The second kappa shape index (κ2) is 9.11. The van der Waals surface area contributed by atoms with Gasteiger partial charge in [0, 0.05) is 31.5 Å². The van der Waals surface area contributed by atoms with Crippen molar-refractivity contribution in [2.24, 2.45) is 0 Å². The number of nitrogens with zero attached hydrogens (tertiary/aromatic N) is 3. The largest absolute Gasteiger partial charge is 0.369 e. The van der Waals surface area contributed by atoms with Crippen molar-refractivity contribution in [3.8, 4) is 16.9 Å². The molecule has 0 unspecified atom stereocenters. The van der Waals surface area contributed by atoms with Crippen LogP contribution in [0.1, 0.15) is 5.82 Å². The Bertz CT molecular complexity index is 1240. The van der Waals surface area contributed by atoms with Crippen LogP contribution in [0.4, 0.5) is 5.82 Å². The van der Waals surface area contributed by atoms with Crippen LogP contribution in [0, 0.1) is 6.92 Å². The summed E-state index contributed by atoms with van der Waals surface area (Å²) in [4.78, 5) is 9.01. The minimum Gasteiger partial charge on any atom is -0.369 e. The Morgan fingerprint density at radius 2 is 1.52 bits per heavy atom. The number of benzene rings is 2. The molecule has 8 heteroatoms. The smallest absolute Gasteiger partial charge is 0.240 e. The molecule has 4 aromatic rings. The summed E-state index contributed by atoms with van der Waals surface area (Å²) in [5.74, 6) is 2.02. The van der Waals surface area contributed by atoms with Gasteiger partial charge in [0.25, 0.3) is 0 Å². The second-order valence-corrected chi connectivity index (χ2v) is 8.73. The van der Waals surface area contributed by atoms with Gasteiger partial charge in [-0.2, -0.15) is 0 Å². The van der Waals surface area contributed by atoms with Crippen molar-refractivity contribution in [1.29, 1.82) is 0 Å². The van der Waals surface area contributed by atoms with E-state index in [-0.39, 0.29) is 11.4 Å². The Morgan fingerprint density at radius 3 is 2.23 bits per heavy atom. The quantitative estimate of drug-likeness (QED) is 0.414. The summed E-state index contributed by atoms with van der Waals surface area (Å²) in [5.41, 5.74) is 2.02. The standard InChI is InChI=1S/C23H23N5O2S/c1-18-26-22(17-23(27-18)28-15-5-6-16-28)24-13-14-25-31(29,30)21-11-9-20(10-12-21)19-7-3-2-4-8-19/h2-12,15-17,25H,13-14H2,1H3,(H,24,26,27). The highest BCUT2D eigenvalue weighted by atomic mass is 32.2. The molecule has 2 N–H and O–H groups in total. The number of aryl methyl sites for hydroxylation is 1. The molecule has 0 aliphatic heterocycles. The first-order chi connectivity index (χ1) is 15.0. The maximum atomic E-state index is 12.6. The molecule has 7 nitrogen and oxygen atoms in total. The Labute approximate surface area is 181 Å². The van der Waals surface area contributed by atoms with E-state index < -0.39 is 10.0 Å². The topological polar surface area (TPSA) is 88.9 Å². The summed E-state index contributed by atoms with van der Waals surface area (Å²) in [7, 11) is -3.59. The molecular formula is C23H23N5O2S. The van der Waals surface area contributed by atoms with Crippen molar-refractivity contribution in [3.05, 3.63) is 91.0 Å². The lowest BCUT2D eigenvalue weighted by molar-refractivity contribution is 0.583. The third kappa shape index (κ3) is 5.17. The molecule has 0 amide bonds. The van der Waals surface area contributed by atoms with Gasteiger partial charge in [-0.15, -0.1) is 0 Å². The number of aromatic nitrogens is 3. The Morgan fingerprint density at radius 1 is 0.839 bits per heavy atom. The molecule has 4 rings (SSSR count). The third-order valence-electron chi connectivity index (χ3n) is 4.69. The van der Waals surface area contributed by atoms with Crippen LogP contribution in [-0.2, 0) is 10.0 Å². The normalized spacial score (nSPS) is 11.4. The molecule has 0 spiro atoms. The van der Waals surface area contributed by atoms with E-state index in [0.29, 0.717) is 18.2 Å². The van der Waals surface area contributed by atoms with Crippen LogP contribution in [0.15, 0.2) is 90.1 Å². The molecule has 0 atom stereocenters. The van der Waals surface area contributed by atoms with Gasteiger partial charge >= 0.3 is 0 Å². The van der Waals surface area contributed by atoms with Gasteiger partial charge in [-0.25, -0.2) is 23.1 Å². The van der Waals surface area contributed by atoms with Crippen LogP contribution in [0.5, 0.6) is 0 Å². The average molecular weight is 434 g/mol. The summed E-state index contributed by atoms with van der Waals surface area (Å²) >= 11 is 0. The lowest BCUT2D eigenvalue weighted by Gasteiger charge is -2.11. The molecular weight excluding hydrogens is 410 g/mol. The average Bonchev–Trinajstić information content (AvgIpc) is 3.32. The van der Waals surface area contributed by atoms with E-state index in [1.54, 1.807) is 12.1 Å². The molecule has 31 heavy (non-hydrogen) atoms. The number of rotatable bonds is 8. The van der Waals surface area contributed by atoms with E-state index in [0.717, 1.165) is 16.9 Å². The van der Waals surface area contributed by atoms with Gasteiger partial charge in [0.15, 0.2) is 0 Å². The van der Waals surface area contributed by atoms with Crippen molar-refractivity contribution in [2.75, 3.05) is 18.4 Å². The second-order valence-electron chi connectivity index (χ2n) is 6.96. The molecule has 0 fully saturated rings. The summed E-state index contributed by atoms with van der Waals surface area (Å²) in [5, 5.41) is 3.15. The van der Waals surface area contributed by atoms with Crippen molar-refractivity contribution in [2.45, 2.75) is 11.8 Å². The van der Waals surface area contributed by atoms with Gasteiger partial charge < -0.3 is 9.88 Å². The first-order valence-corrected chi connectivity index (χ1v) is 11.4. The maximum absolute atomic E-state index is 12.6. The van der Waals surface area contributed by atoms with Gasteiger partial charge in [0.1, 0.15) is 17.5 Å². The van der Waals surface area contributed by atoms with Gasteiger partial charge in [0.05, 0.1) is 4.90 Å². The van der Waals surface area contributed by atoms with Crippen LogP contribution in [0.2, 0.25) is 0 Å². The van der Waals surface area contributed by atoms with Crippen molar-refractivity contribution in [3.63, 3.8) is 0 Å². The SMILES string of the molecule is Cc1nc(NCCNS(=O)(=O)c2ccc(-c3ccccc3)cc2)cc(-n2cccc2)n1. The molecule has 158 valence electrons. The summed E-state index contributed by atoms with van der Waals surface area (Å²) in [6, 6.07) is 22.4. The third-order valence-corrected chi connectivity index (χ3v) is 6.17. The Kier molecular flexibility index (Phi) is 6.11. The predicted molar refractivity (Wildman–Crippen MR) is 122 cm³/mol. The zero-order valence-corrected chi connectivity index (χ0v) is 17.9. The lowest BCUT2D eigenvalue weighted by atomic mass is 10.1. The number of sulfonamides is 1. The zero-order valence-electron chi connectivity index (χ0n) is 17.1. The van der Waals surface area contributed by atoms with E-state index >= 15 is 0 Å². The van der Waals surface area contributed by atoms with Crippen molar-refractivity contribution >= 4 is 15.8 Å². The fourth-order valence-electron chi connectivity index (χ4n) is 3.18. The minimum absolute atomic E-state index is 0.227. The molecule has 2 heterocycles. The number of anilines is 1. The summed E-state index contributed by atoms with van der Waals surface area (Å²) in [6.45, 7) is 2.44. The van der Waals surface area contributed by atoms with Crippen LogP contribution in [-0.4, -0.2) is 36.0 Å².